The highest BCUT2D eigenvalue weighted by molar-refractivity contribution is 5.76. The first kappa shape index (κ1) is 6.21. The van der Waals surface area contributed by atoms with Crippen molar-refractivity contribution in [2.75, 3.05) is 0 Å². The number of hydrogen-bond acceptors (Lipinski definition) is 2. The second-order valence-corrected chi connectivity index (χ2v) is 1.26. The van der Waals surface area contributed by atoms with Crippen LogP contribution in [-0.4, -0.2) is 11.4 Å². The third-order valence-electron chi connectivity index (χ3n) is 0.694. The zero-order valence-corrected chi connectivity index (χ0v) is 4.39. The second kappa shape index (κ2) is 3.40. The van der Waals surface area contributed by atoms with Gasteiger partial charge in [-0.1, -0.05) is 18.7 Å². The number of oxime groups is 1. The molecule has 0 spiro atoms. The molecule has 0 aliphatic heterocycles. The highest BCUT2D eigenvalue weighted by atomic mass is 16.4. The van der Waals surface area contributed by atoms with Crippen LogP contribution in [0.4, 0.5) is 0 Å². The van der Waals surface area contributed by atoms with E-state index in [9.17, 15) is 0 Å². The monoisotopic (exact) mass is 99.1 g/mol. The van der Waals surface area contributed by atoms with Crippen LogP contribution in [0.15, 0.2) is 17.3 Å². The lowest BCUT2D eigenvalue weighted by atomic mass is 10.3. The first-order valence-electron chi connectivity index (χ1n) is 2.16. The van der Waals surface area contributed by atoms with Crippen molar-refractivity contribution in [3.8, 4) is 0 Å². The van der Waals surface area contributed by atoms with E-state index in [-0.39, 0.29) is 0 Å². The molecule has 0 saturated carbocycles. The fraction of sp³-hybridized carbons (Fsp3) is 0.400. The van der Waals surface area contributed by atoms with Crippen molar-refractivity contribution in [3.63, 3.8) is 0 Å². The second-order valence-electron chi connectivity index (χ2n) is 1.26. The quantitative estimate of drug-likeness (QED) is 0.317. The summed E-state index contributed by atoms with van der Waals surface area (Å²) in [4.78, 5) is 0. The van der Waals surface area contributed by atoms with Crippen LogP contribution < -0.4 is 0 Å². The smallest absolute Gasteiger partial charge is 0.0687 e. The minimum Gasteiger partial charge on any atom is -0.411 e. The summed E-state index contributed by atoms with van der Waals surface area (Å²) in [6.07, 6.45) is 2.17. The molecule has 0 heterocycles. The molecule has 0 radical (unpaired) electrons. The standard InChI is InChI=1S/C5H9NO/c1-3-5(2)4-6-7/h4,7H,2-3H2,1H3. The van der Waals surface area contributed by atoms with Gasteiger partial charge in [-0.3, -0.25) is 0 Å². The van der Waals surface area contributed by atoms with E-state index in [0.717, 1.165) is 12.0 Å². The molecule has 7 heavy (non-hydrogen) atoms. The van der Waals surface area contributed by atoms with Crippen molar-refractivity contribution in [3.05, 3.63) is 12.2 Å². The van der Waals surface area contributed by atoms with E-state index in [0.29, 0.717) is 0 Å². The molecule has 0 aromatic rings. The Kier molecular flexibility index (Phi) is 3.02. The molecule has 0 rings (SSSR count). The van der Waals surface area contributed by atoms with Gasteiger partial charge >= 0.3 is 0 Å². The zero-order chi connectivity index (χ0) is 5.70. The zero-order valence-electron chi connectivity index (χ0n) is 4.39. The number of rotatable bonds is 2. The predicted molar refractivity (Wildman–Crippen MR) is 29.7 cm³/mol. The molecule has 40 valence electrons. The summed E-state index contributed by atoms with van der Waals surface area (Å²) in [5.74, 6) is 0. The van der Waals surface area contributed by atoms with Gasteiger partial charge in [0.1, 0.15) is 0 Å². The molecule has 2 nitrogen and oxygen atoms in total. The molecule has 0 aromatic heterocycles. The molecular weight excluding hydrogens is 90.1 g/mol. The maximum absolute atomic E-state index is 7.88. The Bertz CT molecular complexity index is 86.1. The highest BCUT2D eigenvalue weighted by Gasteiger charge is 1.77. The van der Waals surface area contributed by atoms with E-state index in [1.165, 1.54) is 6.21 Å². The first-order chi connectivity index (χ1) is 3.31. The van der Waals surface area contributed by atoms with Crippen molar-refractivity contribution < 1.29 is 5.21 Å². The Morgan fingerprint density at radius 2 is 2.57 bits per heavy atom. The molecule has 0 aromatic carbocycles. The van der Waals surface area contributed by atoms with Gasteiger partial charge in [0.05, 0.1) is 6.21 Å². The molecule has 0 aliphatic rings. The summed E-state index contributed by atoms with van der Waals surface area (Å²) in [5.41, 5.74) is 0.836. The van der Waals surface area contributed by atoms with E-state index < -0.39 is 0 Å². The van der Waals surface area contributed by atoms with Gasteiger partial charge < -0.3 is 5.21 Å². The topological polar surface area (TPSA) is 32.6 Å². The van der Waals surface area contributed by atoms with E-state index in [1.807, 2.05) is 6.92 Å². The van der Waals surface area contributed by atoms with Crippen molar-refractivity contribution >= 4 is 6.21 Å². The highest BCUT2D eigenvalue weighted by Crippen LogP contribution is 1.88. The van der Waals surface area contributed by atoms with Crippen LogP contribution in [0.5, 0.6) is 0 Å². The number of nitrogens with zero attached hydrogens (tertiary/aromatic N) is 1. The molecule has 0 unspecified atom stereocenters. The van der Waals surface area contributed by atoms with Gasteiger partial charge in [0, 0.05) is 0 Å². The van der Waals surface area contributed by atoms with Crippen molar-refractivity contribution in [1.82, 2.24) is 0 Å². The molecule has 1 N–H and O–H groups in total. The van der Waals surface area contributed by atoms with Gasteiger partial charge in [-0.05, 0) is 12.0 Å². The lowest BCUT2D eigenvalue weighted by molar-refractivity contribution is 0.321. The summed E-state index contributed by atoms with van der Waals surface area (Å²) in [6.45, 7) is 5.50. The van der Waals surface area contributed by atoms with Crippen LogP contribution >= 0.6 is 0 Å². The number of allylic oxidation sites excluding steroid dienone is 1. The maximum Gasteiger partial charge on any atom is 0.0687 e. The Morgan fingerprint density at radius 3 is 2.71 bits per heavy atom. The van der Waals surface area contributed by atoms with Gasteiger partial charge in [0.25, 0.3) is 0 Å². The molecule has 2 heteroatoms. The van der Waals surface area contributed by atoms with E-state index in [4.69, 9.17) is 5.21 Å². The van der Waals surface area contributed by atoms with Crippen molar-refractivity contribution in [2.24, 2.45) is 5.16 Å². The van der Waals surface area contributed by atoms with Crippen LogP contribution in [-0.2, 0) is 0 Å². The summed E-state index contributed by atoms with van der Waals surface area (Å²) >= 11 is 0. The SMILES string of the molecule is C=C(C=NO)CC. The van der Waals surface area contributed by atoms with Crippen LogP contribution in [0.3, 0.4) is 0 Å². The lowest BCUT2D eigenvalue weighted by Crippen LogP contribution is -1.76. The molecular formula is C5H9NO. The Balaban J connectivity index is 3.37. The Hall–Kier alpha value is -0.790. The molecule has 0 saturated heterocycles. The average Bonchev–Trinajstić information content (AvgIpc) is 1.68. The van der Waals surface area contributed by atoms with E-state index >= 15 is 0 Å². The maximum atomic E-state index is 7.88. The van der Waals surface area contributed by atoms with E-state index in [2.05, 4.69) is 11.7 Å². The van der Waals surface area contributed by atoms with Crippen LogP contribution in [0.1, 0.15) is 13.3 Å². The molecule has 0 aliphatic carbocycles. The van der Waals surface area contributed by atoms with Crippen LogP contribution in [0.25, 0.3) is 0 Å². The third-order valence-corrected chi connectivity index (χ3v) is 0.694. The van der Waals surface area contributed by atoms with Crippen LogP contribution in [0, 0.1) is 0 Å². The Labute approximate surface area is 43.2 Å². The average molecular weight is 99.1 g/mol. The third kappa shape index (κ3) is 3.03. The predicted octanol–water partition coefficient (Wildman–Crippen LogP) is 1.41. The van der Waals surface area contributed by atoms with Crippen molar-refractivity contribution in [2.45, 2.75) is 13.3 Å². The summed E-state index contributed by atoms with van der Waals surface area (Å²) in [5, 5.41) is 10.7. The molecule has 0 fully saturated rings. The largest absolute Gasteiger partial charge is 0.411 e. The first-order valence-corrected chi connectivity index (χ1v) is 2.16. The van der Waals surface area contributed by atoms with E-state index in [1.54, 1.807) is 0 Å². The molecule has 0 amide bonds. The molecule has 0 atom stereocenters. The van der Waals surface area contributed by atoms with Crippen LogP contribution in [0.2, 0.25) is 0 Å². The summed E-state index contributed by atoms with van der Waals surface area (Å²) in [6, 6.07) is 0. The fourth-order valence-corrected chi connectivity index (χ4v) is 0.173. The van der Waals surface area contributed by atoms with Gasteiger partial charge in [0.2, 0.25) is 0 Å². The summed E-state index contributed by atoms with van der Waals surface area (Å²) < 4.78 is 0. The van der Waals surface area contributed by atoms with Gasteiger partial charge in [0.15, 0.2) is 0 Å². The lowest BCUT2D eigenvalue weighted by Gasteiger charge is -1.83. The van der Waals surface area contributed by atoms with Gasteiger partial charge in [-0.15, -0.1) is 0 Å². The van der Waals surface area contributed by atoms with Crippen molar-refractivity contribution in [1.29, 1.82) is 0 Å². The summed E-state index contributed by atoms with van der Waals surface area (Å²) in [7, 11) is 0. The Morgan fingerprint density at radius 1 is 2.00 bits per heavy atom. The van der Waals surface area contributed by atoms with Gasteiger partial charge in [-0.25, -0.2) is 0 Å². The number of hydrogen-bond donors (Lipinski definition) is 1. The minimum absolute atomic E-state index is 0.836. The minimum atomic E-state index is 0.836. The van der Waals surface area contributed by atoms with Gasteiger partial charge in [-0.2, -0.15) is 0 Å². The molecule has 0 bridgehead atoms. The normalized spacial score (nSPS) is 9.86. The fourth-order valence-electron chi connectivity index (χ4n) is 0.173.